The molecule has 2 aromatic carbocycles. The standard InChI is InChI=1S/C19H16N2O3/c1-13-6-2-4-8-15(13)23-11-10-21-12-20-17-14-7-3-5-9-16(14)24-18(17)19(21)22/h2-9,12H,10-11H2,1H3. The van der Waals surface area contributed by atoms with E-state index in [1.54, 1.807) is 6.33 Å². The van der Waals surface area contributed by atoms with Crippen molar-refractivity contribution in [1.29, 1.82) is 0 Å². The van der Waals surface area contributed by atoms with Crippen LogP contribution in [0, 0.1) is 6.92 Å². The van der Waals surface area contributed by atoms with Crippen molar-refractivity contribution >= 4 is 22.1 Å². The Morgan fingerprint density at radius 3 is 2.79 bits per heavy atom. The molecule has 2 aromatic heterocycles. The van der Waals surface area contributed by atoms with Gasteiger partial charge in [0.2, 0.25) is 5.58 Å². The van der Waals surface area contributed by atoms with Crippen LogP contribution in [0.2, 0.25) is 0 Å². The summed E-state index contributed by atoms with van der Waals surface area (Å²) in [6.07, 6.45) is 1.55. The van der Waals surface area contributed by atoms with E-state index in [-0.39, 0.29) is 11.1 Å². The maximum atomic E-state index is 12.6. The third-order valence-electron chi connectivity index (χ3n) is 4.03. The fourth-order valence-corrected chi connectivity index (χ4v) is 2.75. The summed E-state index contributed by atoms with van der Waals surface area (Å²) in [4.78, 5) is 17.0. The summed E-state index contributed by atoms with van der Waals surface area (Å²) in [6, 6.07) is 15.3. The minimum absolute atomic E-state index is 0.190. The number of benzene rings is 2. The Morgan fingerprint density at radius 1 is 1.12 bits per heavy atom. The Hall–Kier alpha value is -3.08. The molecule has 0 saturated carbocycles. The van der Waals surface area contributed by atoms with Crippen molar-refractivity contribution in [2.45, 2.75) is 13.5 Å². The first kappa shape index (κ1) is 14.5. The number of hydrogen-bond acceptors (Lipinski definition) is 4. The molecule has 0 N–H and O–H groups in total. The van der Waals surface area contributed by atoms with Crippen LogP contribution in [0.15, 0.2) is 64.1 Å². The predicted molar refractivity (Wildman–Crippen MR) is 92.4 cm³/mol. The SMILES string of the molecule is Cc1ccccc1OCCn1cnc2c(oc3ccccc32)c1=O. The highest BCUT2D eigenvalue weighted by Gasteiger charge is 2.12. The van der Waals surface area contributed by atoms with E-state index in [9.17, 15) is 4.79 Å². The number of rotatable bonds is 4. The smallest absolute Gasteiger partial charge is 0.297 e. The van der Waals surface area contributed by atoms with Crippen molar-refractivity contribution in [1.82, 2.24) is 9.55 Å². The van der Waals surface area contributed by atoms with Crippen molar-refractivity contribution in [2.75, 3.05) is 6.61 Å². The van der Waals surface area contributed by atoms with E-state index < -0.39 is 0 Å². The third kappa shape index (κ3) is 2.44. The maximum Gasteiger partial charge on any atom is 0.297 e. The fourth-order valence-electron chi connectivity index (χ4n) is 2.75. The molecule has 0 radical (unpaired) electrons. The molecule has 0 bridgehead atoms. The number of aryl methyl sites for hydroxylation is 1. The van der Waals surface area contributed by atoms with E-state index in [1.165, 1.54) is 4.57 Å². The van der Waals surface area contributed by atoms with Crippen molar-refractivity contribution in [3.8, 4) is 5.75 Å². The molecule has 120 valence electrons. The molecule has 24 heavy (non-hydrogen) atoms. The lowest BCUT2D eigenvalue weighted by molar-refractivity contribution is 0.294. The number of aromatic nitrogens is 2. The van der Waals surface area contributed by atoms with Gasteiger partial charge >= 0.3 is 0 Å². The molecule has 4 aromatic rings. The first-order valence-electron chi connectivity index (χ1n) is 7.79. The van der Waals surface area contributed by atoms with Crippen LogP contribution in [0.4, 0.5) is 0 Å². The molecule has 0 saturated heterocycles. The minimum Gasteiger partial charge on any atom is -0.491 e. The van der Waals surface area contributed by atoms with E-state index in [2.05, 4.69) is 4.98 Å². The lowest BCUT2D eigenvalue weighted by Gasteiger charge is -2.09. The second-order valence-electron chi connectivity index (χ2n) is 5.63. The Morgan fingerprint density at radius 2 is 1.92 bits per heavy atom. The van der Waals surface area contributed by atoms with Gasteiger partial charge in [-0.2, -0.15) is 0 Å². The quantitative estimate of drug-likeness (QED) is 0.577. The highest BCUT2D eigenvalue weighted by atomic mass is 16.5. The highest BCUT2D eigenvalue weighted by Crippen LogP contribution is 2.24. The van der Waals surface area contributed by atoms with Crippen molar-refractivity contribution < 1.29 is 9.15 Å². The normalized spacial score (nSPS) is 11.2. The van der Waals surface area contributed by atoms with Gasteiger partial charge in [-0.1, -0.05) is 30.3 Å². The van der Waals surface area contributed by atoms with Gasteiger partial charge in [-0.3, -0.25) is 9.36 Å². The molecule has 0 spiro atoms. The Kier molecular flexibility index (Phi) is 3.54. The number of para-hydroxylation sites is 2. The van der Waals surface area contributed by atoms with Crippen LogP contribution in [0.3, 0.4) is 0 Å². The zero-order chi connectivity index (χ0) is 16.5. The molecule has 0 amide bonds. The van der Waals surface area contributed by atoms with Gasteiger partial charge in [-0.15, -0.1) is 0 Å². The zero-order valence-corrected chi connectivity index (χ0v) is 13.2. The summed E-state index contributed by atoms with van der Waals surface area (Å²) in [5, 5.41) is 0.855. The summed E-state index contributed by atoms with van der Waals surface area (Å²) in [5.41, 5.74) is 2.44. The van der Waals surface area contributed by atoms with E-state index in [4.69, 9.17) is 9.15 Å². The summed E-state index contributed by atoms with van der Waals surface area (Å²) in [7, 11) is 0. The molecule has 4 rings (SSSR count). The van der Waals surface area contributed by atoms with E-state index in [0.29, 0.717) is 24.3 Å². The minimum atomic E-state index is -0.190. The predicted octanol–water partition coefficient (Wildman–Crippen LogP) is 3.53. The summed E-state index contributed by atoms with van der Waals surface area (Å²) < 4.78 is 12.9. The van der Waals surface area contributed by atoms with Crippen LogP contribution in [-0.2, 0) is 6.54 Å². The topological polar surface area (TPSA) is 57.3 Å². The van der Waals surface area contributed by atoms with Crippen LogP contribution >= 0.6 is 0 Å². The number of nitrogens with zero attached hydrogens (tertiary/aromatic N) is 2. The van der Waals surface area contributed by atoms with Gasteiger partial charge in [0.15, 0.2) is 0 Å². The molecule has 2 heterocycles. The van der Waals surface area contributed by atoms with Gasteiger partial charge in [0.25, 0.3) is 5.56 Å². The molecule has 0 unspecified atom stereocenters. The molecule has 0 aliphatic rings. The monoisotopic (exact) mass is 320 g/mol. The van der Waals surface area contributed by atoms with Gasteiger partial charge < -0.3 is 9.15 Å². The molecule has 0 fully saturated rings. The van der Waals surface area contributed by atoms with Gasteiger partial charge in [-0.05, 0) is 30.7 Å². The fraction of sp³-hybridized carbons (Fsp3) is 0.158. The molecular formula is C19H16N2O3. The molecule has 0 atom stereocenters. The van der Waals surface area contributed by atoms with Crippen molar-refractivity contribution in [3.63, 3.8) is 0 Å². The Labute approximate surface area is 138 Å². The Balaban J connectivity index is 1.61. The summed E-state index contributed by atoms with van der Waals surface area (Å²) in [5.74, 6) is 0.823. The van der Waals surface area contributed by atoms with Gasteiger partial charge in [-0.25, -0.2) is 4.98 Å². The highest BCUT2D eigenvalue weighted by molar-refractivity contribution is 6.01. The first-order valence-corrected chi connectivity index (χ1v) is 7.79. The van der Waals surface area contributed by atoms with E-state index in [0.717, 1.165) is 16.7 Å². The molecule has 0 aliphatic carbocycles. The number of ether oxygens (including phenoxy) is 1. The lowest BCUT2D eigenvalue weighted by Crippen LogP contribution is -2.23. The lowest BCUT2D eigenvalue weighted by atomic mass is 10.2. The molecule has 5 heteroatoms. The maximum absolute atomic E-state index is 12.6. The largest absolute Gasteiger partial charge is 0.491 e. The van der Waals surface area contributed by atoms with Crippen molar-refractivity contribution in [2.24, 2.45) is 0 Å². The van der Waals surface area contributed by atoms with Crippen LogP contribution < -0.4 is 10.3 Å². The average Bonchev–Trinajstić information content (AvgIpc) is 2.98. The van der Waals surface area contributed by atoms with Gasteiger partial charge in [0, 0.05) is 5.39 Å². The third-order valence-corrected chi connectivity index (χ3v) is 4.03. The van der Waals surface area contributed by atoms with Crippen LogP contribution in [0.1, 0.15) is 5.56 Å². The van der Waals surface area contributed by atoms with Gasteiger partial charge in [0.1, 0.15) is 23.5 Å². The summed E-state index contributed by atoms with van der Waals surface area (Å²) in [6.45, 7) is 2.79. The van der Waals surface area contributed by atoms with Crippen LogP contribution in [0.5, 0.6) is 5.75 Å². The molecular weight excluding hydrogens is 304 g/mol. The number of fused-ring (bicyclic) bond motifs is 3. The summed E-state index contributed by atoms with van der Waals surface area (Å²) >= 11 is 0. The average molecular weight is 320 g/mol. The van der Waals surface area contributed by atoms with E-state index in [1.807, 2.05) is 55.5 Å². The van der Waals surface area contributed by atoms with Crippen LogP contribution in [-0.4, -0.2) is 16.2 Å². The number of furan rings is 1. The van der Waals surface area contributed by atoms with Crippen molar-refractivity contribution in [3.05, 3.63) is 70.8 Å². The Bertz CT molecular complexity index is 1080. The van der Waals surface area contributed by atoms with E-state index >= 15 is 0 Å². The second kappa shape index (κ2) is 5.85. The number of hydrogen-bond donors (Lipinski definition) is 0. The first-order chi connectivity index (χ1) is 11.7. The molecule has 0 aliphatic heterocycles. The second-order valence-corrected chi connectivity index (χ2v) is 5.63. The van der Waals surface area contributed by atoms with Gasteiger partial charge in [0.05, 0.1) is 12.9 Å². The van der Waals surface area contributed by atoms with Crippen LogP contribution in [0.25, 0.3) is 22.1 Å². The zero-order valence-electron chi connectivity index (χ0n) is 13.2. The molecule has 5 nitrogen and oxygen atoms in total.